The second kappa shape index (κ2) is 5.09. The van der Waals surface area contributed by atoms with Crippen LogP contribution < -0.4 is 0 Å². The lowest BCUT2D eigenvalue weighted by atomic mass is 10.1. The van der Waals surface area contributed by atoms with Crippen LogP contribution in [0.1, 0.15) is 17.2 Å². The molecule has 1 aromatic rings. The van der Waals surface area contributed by atoms with E-state index in [1.165, 1.54) is 18.2 Å². The average Bonchev–Trinajstić information content (AvgIpc) is 2.25. The van der Waals surface area contributed by atoms with Gasteiger partial charge in [0.2, 0.25) is 0 Å². The molecule has 1 unspecified atom stereocenters. The molecule has 3 nitrogen and oxygen atoms in total. The minimum atomic E-state index is -1.86. The molecule has 1 aromatic carbocycles. The Hall–Kier alpha value is -1.69. The highest BCUT2D eigenvalue weighted by Crippen LogP contribution is 2.23. The van der Waals surface area contributed by atoms with Gasteiger partial charge in [-0.1, -0.05) is 6.07 Å². The zero-order valence-corrected chi connectivity index (χ0v) is 11.0. The SMILES string of the molecule is C[Si](C)(C)OC(C#N)c1ccc(F)c(C#N)c1. The van der Waals surface area contributed by atoms with Crippen molar-refractivity contribution in [1.29, 1.82) is 10.5 Å². The third-order valence-electron chi connectivity index (χ3n) is 2.00. The fourth-order valence-electron chi connectivity index (χ4n) is 1.31. The molecule has 5 heteroatoms. The molecule has 0 aliphatic carbocycles. The van der Waals surface area contributed by atoms with Crippen LogP contribution in [0.2, 0.25) is 19.6 Å². The Morgan fingerprint density at radius 3 is 2.41 bits per heavy atom. The van der Waals surface area contributed by atoms with Crippen LogP contribution in [-0.4, -0.2) is 8.32 Å². The van der Waals surface area contributed by atoms with Crippen molar-refractivity contribution in [3.8, 4) is 12.1 Å². The smallest absolute Gasteiger partial charge is 0.186 e. The standard InChI is InChI=1S/C12H13FN2OSi/c1-17(2,3)16-12(8-15)9-4-5-11(13)10(6-9)7-14/h4-6,12H,1-3H3. The average molecular weight is 248 g/mol. The van der Waals surface area contributed by atoms with Gasteiger partial charge in [0.1, 0.15) is 11.9 Å². The second-order valence-electron chi connectivity index (χ2n) is 4.59. The summed E-state index contributed by atoms with van der Waals surface area (Å²) in [5, 5.41) is 17.8. The number of rotatable bonds is 3. The number of nitrogens with zero attached hydrogens (tertiary/aromatic N) is 2. The highest BCUT2D eigenvalue weighted by molar-refractivity contribution is 6.69. The first-order chi connectivity index (χ1) is 7.87. The van der Waals surface area contributed by atoms with Crippen LogP contribution in [-0.2, 0) is 4.43 Å². The predicted molar refractivity (Wildman–Crippen MR) is 63.9 cm³/mol. The van der Waals surface area contributed by atoms with Gasteiger partial charge in [0.25, 0.3) is 0 Å². The van der Waals surface area contributed by atoms with Gasteiger partial charge >= 0.3 is 0 Å². The van der Waals surface area contributed by atoms with Crippen molar-refractivity contribution in [2.24, 2.45) is 0 Å². The van der Waals surface area contributed by atoms with E-state index in [2.05, 4.69) is 0 Å². The van der Waals surface area contributed by atoms with Gasteiger partial charge in [-0.15, -0.1) is 0 Å². The zero-order chi connectivity index (χ0) is 13.1. The molecule has 88 valence electrons. The van der Waals surface area contributed by atoms with Gasteiger partial charge in [-0.05, 0) is 37.3 Å². The summed E-state index contributed by atoms with van der Waals surface area (Å²) in [6.45, 7) is 5.89. The van der Waals surface area contributed by atoms with Crippen molar-refractivity contribution in [2.45, 2.75) is 25.7 Å². The Balaban J connectivity index is 3.07. The number of nitriles is 2. The summed E-state index contributed by atoms with van der Waals surface area (Å²) in [7, 11) is -1.86. The van der Waals surface area contributed by atoms with Crippen molar-refractivity contribution < 1.29 is 8.82 Å². The van der Waals surface area contributed by atoms with E-state index in [0.717, 1.165) is 0 Å². The first kappa shape index (κ1) is 13.4. The molecule has 0 aromatic heterocycles. The zero-order valence-electron chi connectivity index (χ0n) is 9.99. The first-order valence-electron chi connectivity index (χ1n) is 5.14. The largest absolute Gasteiger partial charge is 0.399 e. The molecule has 0 saturated heterocycles. The minimum Gasteiger partial charge on any atom is -0.399 e. The Labute approximate surface area is 101 Å². The van der Waals surface area contributed by atoms with Gasteiger partial charge in [-0.2, -0.15) is 10.5 Å². The monoisotopic (exact) mass is 248 g/mol. The molecule has 0 spiro atoms. The lowest BCUT2D eigenvalue weighted by Crippen LogP contribution is -2.27. The Kier molecular flexibility index (Phi) is 4.00. The molecule has 0 N–H and O–H groups in total. The van der Waals surface area contributed by atoms with Crippen LogP contribution in [0, 0.1) is 28.5 Å². The molecular formula is C12H13FN2OSi. The molecular weight excluding hydrogens is 235 g/mol. The minimum absolute atomic E-state index is 0.0677. The molecule has 0 heterocycles. The van der Waals surface area contributed by atoms with E-state index >= 15 is 0 Å². The number of benzene rings is 1. The lowest BCUT2D eigenvalue weighted by molar-refractivity contribution is 0.255. The van der Waals surface area contributed by atoms with Gasteiger partial charge < -0.3 is 4.43 Å². The van der Waals surface area contributed by atoms with E-state index in [1.54, 1.807) is 6.07 Å². The van der Waals surface area contributed by atoms with Crippen molar-refractivity contribution >= 4 is 8.32 Å². The van der Waals surface area contributed by atoms with Gasteiger partial charge in [-0.3, -0.25) is 0 Å². The number of hydrogen-bond donors (Lipinski definition) is 0. The van der Waals surface area contributed by atoms with E-state index in [9.17, 15) is 4.39 Å². The van der Waals surface area contributed by atoms with Gasteiger partial charge in [-0.25, -0.2) is 4.39 Å². The predicted octanol–water partition coefficient (Wildman–Crippen LogP) is 3.11. The van der Waals surface area contributed by atoms with E-state index in [0.29, 0.717) is 5.56 Å². The first-order valence-corrected chi connectivity index (χ1v) is 8.55. The van der Waals surface area contributed by atoms with E-state index in [-0.39, 0.29) is 5.56 Å². The normalized spacial score (nSPS) is 12.6. The van der Waals surface area contributed by atoms with Crippen molar-refractivity contribution in [1.82, 2.24) is 0 Å². The quantitative estimate of drug-likeness (QED) is 0.772. The van der Waals surface area contributed by atoms with Crippen molar-refractivity contribution in [2.75, 3.05) is 0 Å². The molecule has 1 atom stereocenters. The third-order valence-corrected chi connectivity index (χ3v) is 2.95. The summed E-state index contributed by atoms with van der Waals surface area (Å²) < 4.78 is 18.8. The highest BCUT2D eigenvalue weighted by atomic mass is 28.4. The molecule has 0 fully saturated rings. The topological polar surface area (TPSA) is 56.8 Å². The fourth-order valence-corrected chi connectivity index (χ4v) is 2.21. The Bertz CT molecular complexity index is 497. The van der Waals surface area contributed by atoms with E-state index < -0.39 is 20.2 Å². The molecule has 0 aliphatic heterocycles. The van der Waals surface area contributed by atoms with Gasteiger partial charge in [0.15, 0.2) is 14.4 Å². The van der Waals surface area contributed by atoms with Crippen LogP contribution in [0.4, 0.5) is 4.39 Å². The molecule has 0 amide bonds. The summed E-state index contributed by atoms with van der Waals surface area (Å²) in [5.74, 6) is -0.582. The highest BCUT2D eigenvalue weighted by Gasteiger charge is 2.22. The summed E-state index contributed by atoms with van der Waals surface area (Å²) in [6, 6.07) is 7.80. The summed E-state index contributed by atoms with van der Waals surface area (Å²) in [6.07, 6.45) is -0.741. The molecule has 1 rings (SSSR count). The molecule has 0 saturated carbocycles. The van der Waals surface area contributed by atoms with Crippen LogP contribution in [0.25, 0.3) is 0 Å². The maximum Gasteiger partial charge on any atom is 0.186 e. The van der Waals surface area contributed by atoms with Crippen molar-refractivity contribution in [3.05, 3.63) is 35.1 Å². The molecule has 0 radical (unpaired) electrons. The summed E-state index contributed by atoms with van der Waals surface area (Å²) >= 11 is 0. The van der Waals surface area contributed by atoms with Crippen molar-refractivity contribution in [3.63, 3.8) is 0 Å². The van der Waals surface area contributed by atoms with Crippen LogP contribution in [0.5, 0.6) is 0 Å². The maximum absolute atomic E-state index is 13.1. The fraction of sp³-hybridized carbons (Fsp3) is 0.333. The van der Waals surface area contributed by atoms with Gasteiger partial charge in [0, 0.05) is 0 Å². The Morgan fingerprint density at radius 1 is 1.29 bits per heavy atom. The lowest BCUT2D eigenvalue weighted by Gasteiger charge is -2.21. The molecule has 0 aliphatic rings. The number of hydrogen-bond acceptors (Lipinski definition) is 3. The molecule has 17 heavy (non-hydrogen) atoms. The summed E-state index contributed by atoms with van der Waals surface area (Å²) in [4.78, 5) is 0. The van der Waals surface area contributed by atoms with E-state index in [1.807, 2.05) is 25.7 Å². The Morgan fingerprint density at radius 2 is 1.94 bits per heavy atom. The summed E-state index contributed by atoms with van der Waals surface area (Å²) in [5.41, 5.74) is 0.454. The van der Waals surface area contributed by atoms with Gasteiger partial charge in [0.05, 0.1) is 11.6 Å². The third kappa shape index (κ3) is 3.67. The van der Waals surface area contributed by atoms with E-state index in [4.69, 9.17) is 14.9 Å². The number of halogens is 1. The second-order valence-corrected chi connectivity index (χ2v) is 9.05. The van der Waals surface area contributed by atoms with Crippen LogP contribution >= 0.6 is 0 Å². The molecule has 0 bridgehead atoms. The van der Waals surface area contributed by atoms with Crippen LogP contribution in [0.3, 0.4) is 0 Å². The van der Waals surface area contributed by atoms with Crippen LogP contribution in [0.15, 0.2) is 18.2 Å². The maximum atomic E-state index is 13.1.